The lowest BCUT2D eigenvalue weighted by molar-refractivity contribution is 0.350. The molecule has 4 nitrogen and oxygen atoms in total. The molecule has 0 saturated heterocycles. The molecule has 3 rings (SSSR count). The molecule has 0 aliphatic heterocycles. The minimum absolute atomic E-state index is 0.220. The zero-order valence-electron chi connectivity index (χ0n) is 10.4. The molecule has 1 heterocycles. The van der Waals surface area contributed by atoms with E-state index in [4.69, 9.17) is 10.3 Å². The standard InChI is InChI=1S/C14H17N3O/c1-9-7-11(9)13-16-14(18-17-13)12(15)8-10-5-3-2-4-6-10/h2-6,9,11-12H,7-8,15H2,1H3/t9?,11?,12-/m0/s1. The third-order valence-electron chi connectivity index (χ3n) is 3.51. The van der Waals surface area contributed by atoms with Gasteiger partial charge in [0.15, 0.2) is 5.82 Å². The Hall–Kier alpha value is -1.68. The lowest BCUT2D eigenvalue weighted by Crippen LogP contribution is -2.13. The Morgan fingerprint density at radius 1 is 1.39 bits per heavy atom. The number of hydrogen-bond acceptors (Lipinski definition) is 4. The van der Waals surface area contributed by atoms with Crippen molar-refractivity contribution in [2.24, 2.45) is 11.7 Å². The first-order chi connectivity index (χ1) is 8.74. The number of benzene rings is 1. The number of nitrogens with zero attached hydrogens (tertiary/aromatic N) is 2. The van der Waals surface area contributed by atoms with Gasteiger partial charge in [0.2, 0.25) is 5.89 Å². The van der Waals surface area contributed by atoms with Gasteiger partial charge in [-0.15, -0.1) is 0 Å². The summed E-state index contributed by atoms with van der Waals surface area (Å²) in [6.45, 7) is 2.20. The van der Waals surface area contributed by atoms with Crippen LogP contribution < -0.4 is 5.73 Å². The second kappa shape index (κ2) is 4.53. The van der Waals surface area contributed by atoms with Crippen LogP contribution >= 0.6 is 0 Å². The third-order valence-corrected chi connectivity index (χ3v) is 3.51. The average molecular weight is 243 g/mol. The molecule has 0 amide bonds. The van der Waals surface area contributed by atoms with Gasteiger partial charge in [-0.2, -0.15) is 4.98 Å². The maximum Gasteiger partial charge on any atom is 0.243 e. The van der Waals surface area contributed by atoms with E-state index >= 15 is 0 Å². The van der Waals surface area contributed by atoms with Gasteiger partial charge < -0.3 is 10.3 Å². The van der Waals surface area contributed by atoms with Crippen molar-refractivity contribution < 1.29 is 4.52 Å². The van der Waals surface area contributed by atoms with E-state index in [1.54, 1.807) is 0 Å². The smallest absolute Gasteiger partial charge is 0.243 e. The monoisotopic (exact) mass is 243 g/mol. The second-order valence-electron chi connectivity index (χ2n) is 5.11. The lowest BCUT2D eigenvalue weighted by Gasteiger charge is -2.05. The van der Waals surface area contributed by atoms with E-state index in [9.17, 15) is 0 Å². The molecule has 4 heteroatoms. The Morgan fingerprint density at radius 2 is 2.11 bits per heavy atom. The van der Waals surface area contributed by atoms with Crippen molar-refractivity contribution in [3.05, 3.63) is 47.6 Å². The number of hydrogen-bond donors (Lipinski definition) is 1. The molecule has 1 saturated carbocycles. The van der Waals surface area contributed by atoms with E-state index in [1.165, 1.54) is 5.56 Å². The first kappa shape index (κ1) is 11.4. The summed E-state index contributed by atoms with van der Waals surface area (Å²) in [5, 5.41) is 4.03. The fourth-order valence-corrected chi connectivity index (χ4v) is 2.19. The van der Waals surface area contributed by atoms with E-state index in [1.807, 2.05) is 18.2 Å². The maximum absolute atomic E-state index is 6.10. The van der Waals surface area contributed by atoms with Gasteiger partial charge in [-0.1, -0.05) is 42.4 Å². The predicted octanol–water partition coefficient (Wildman–Crippen LogP) is 2.44. The summed E-state index contributed by atoms with van der Waals surface area (Å²) >= 11 is 0. The van der Waals surface area contributed by atoms with Crippen LogP contribution in [0.4, 0.5) is 0 Å². The number of nitrogens with two attached hydrogens (primary N) is 1. The highest BCUT2D eigenvalue weighted by Crippen LogP contribution is 2.45. The summed E-state index contributed by atoms with van der Waals surface area (Å²) in [6, 6.07) is 9.90. The highest BCUT2D eigenvalue weighted by Gasteiger charge is 2.38. The quantitative estimate of drug-likeness (QED) is 0.895. The fourth-order valence-electron chi connectivity index (χ4n) is 2.19. The van der Waals surface area contributed by atoms with Gasteiger partial charge in [-0.3, -0.25) is 0 Å². The van der Waals surface area contributed by atoms with Crippen molar-refractivity contribution in [2.45, 2.75) is 31.7 Å². The largest absolute Gasteiger partial charge is 0.338 e. The van der Waals surface area contributed by atoms with Gasteiger partial charge in [0.1, 0.15) is 0 Å². The van der Waals surface area contributed by atoms with Crippen molar-refractivity contribution in [3.63, 3.8) is 0 Å². The minimum Gasteiger partial charge on any atom is -0.338 e. The molecule has 0 radical (unpaired) electrons. The number of rotatable bonds is 4. The molecule has 1 aromatic heterocycles. The molecule has 94 valence electrons. The molecule has 2 aromatic rings. The molecule has 2 unspecified atom stereocenters. The fraction of sp³-hybridized carbons (Fsp3) is 0.429. The van der Waals surface area contributed by atoms with Crippen LogP contribution in [0.1, 0.15) is 42.6 Å². The average Bonchev–Trinajstić information content (AvgIpc) is 2.93. The molecule has 2 N–H and O–H groups in total. The van der Waals surface area contributed by atoms with Crippen molar-refractivity contribution >= 4 is 0 Å². The van der Waals surface area contributed by atoms with Crippen LogP contribution in [0, 0.1) is 5.92 Å². The van der Waals surface area contributed by atoms with E-state index < -0.39 is 0 Å². The predicted molar refractivity (Wildman–Crippen MR) is 67.9 cm³/mol. The summed E-state index contributed by atoms with van der Waals surface area (Å²) < 4.78 is 5.26. The summed E-state index contributed by atoms with van der Waals surface area (Å²) in [5.41, 5.74) is 7.28. The van der Waals surface area contributed by atoms with Crippen LogP contribution in [0.3, 0.4) is 0 Å². The van der Waals surface area contributed by atoms with E-state index in [2.05, 4.69) is 29.2 Å². The van der Waals surface area contributed by atoms with Crippen LogP contribution in [-0.4, -0.2) is 10.1 Å². The molecule has 1 aromatic carbocycles. The Bertz CT molecular complexity index is 523. The van der Waals surface area contributed by atoms with Gasteiger partial charge in [-0.05, 0) is 24.3 Å². The summed E-state index contributed by atoms with van der Waals surface area (Å²) in [4.78, 5) is 4.42. The van der Waals surface area contributed by atoms with Crippen LogP contribution in [0.2, 0.25) is 0 Å². The van der Waals surface area contributed by atoms with Crippen molar-refractivity contribution in [1.29, 1.82) is 0 Å². The van der Waals surface area contributed by atoms with Gasteiger partial charge in [0, 0.05) is 5.92 Å². The number of aromatic nitrogens is 2. The van der Waals surface area contributed by atoms with Gasteiger partial charge >= 0.3 is 0 Å². The first-order valence-electron chi connectivity index (χ1n) is 6.37. The SMILES string of the molecule is CC1CC1c1noc([C@@H](N)Cc2ccccc2)n1. The highest BCUT2D eigenvalue weighted by atomic mass is 16.5. The van der Waals surface area contributed by atoms with E-state index in [0.29, 0.717) is 17.7 Å². The lowest BCUT2D eigenvalue weighted by atomic mass is 10.1. The van der Waals surface area contributed by atoms with Gasteiger partial charge in [0.25, 0.3) is 0 Å². The van der Waals surface area contributed by atoms with E-state index in [-0.39, 0.29) is 6.04 Å². The van der Waals surface area contributed by atoms with Crippen LogP contribution in [-0.2, 0) is 6.42 Å². The summed E-state index contributed by atoms with van der Waals surface area (Å²) in [6.07, 6.45) is 1.88. The highest BCUT2D eigenvalue weighted by molar-refractivity contribution is 5.17. The van der Waals surface area contributed by atoms with Crippen LogP contribution in [0.15, 0.2) is 34.9 Å². The topological polar surface area (TPSA) is 64.9 Å². The molecular weight excluding hydrogens is 226 g/mol. The van der Waals surface area contributed by atoms with Gasteiger partial charge in [0.05, 0.1) is 6.04 Å². The zero-order valence-corrected chi connectivity index (χ0v) is 10.4. The van der Waals surface area contributed by atoms with Crippen LogP contribution in [0.25, 0.3) is 0 Å². The third kappa shape index (κ3) is 2.29. The molecule has 3 atom stereocenters. The molecule has 0 spiro atoms. The van der Waals surface area contributed by atoms with Crippen molar-refractivity contribution in [2.75, 3.05) is 0 Å². The Morgan fingerprint density at radius 3 is 2.78 bits per heavy atom. The molecule has 1 aliphatic carbocycles. The molecule has 1 aliphatic rings. The Kier molecular flexibility index (Phi) is 2.88. The molecular formula is C14H17N3O. The Labute approximate surface area is 106 Å². The van der Waals surface area contributed by atoms with Crippen LogP contribution in [0.5, 0.6) is 0 Å². The Balaban J connectivity index is 1.69. The first-order valence-corrected chi connectivity index (χ1v) is 6.37. The maximum atomic E-state index is 6.10. The van der Waals surface area contributed by atoms with Gasteiger partial charge in [-0.25, -0.2) is 0 Å². The normalized spacial score (nSPS) is 23.9. The minimum atomic E-state index is -0.220. The molecule has 18 heavy (non-hydrogen) atoms. The zero-order chi connectivity index (χ0) is 12.5. The van der Waals surface area contributed by atoms with E-state index in [0.717, 1.165) is 18.7 Å². The second-order valence-corrected chi connectivity index (χ2v) is 5.11. The molecule has 0 bridgehead atoms. The summed E-state index contributed by atoms with van der Waals surface area (Å²) in [5.74, 6) is 2.53. The summed E-state index contributed by atoms with van der Waals surface area (Å²) in [7, 11) is 0. The van der Waals surface area contributed by atoms with Crippen molar-refractivity contribution in [3.8, 4) is 0 Å². The van der Waals surface area contributed by atoms with Crippen molar-refractivity contribution in [1.82, 2.24) is 10.1 Å². The molecule has 1 fully saturated rings.